The summed E-state index contributed by atoms with van der Waals surface area (Å²) in [7, 11) is 3.27. The molecule has 7 heteroatoms. The van der Waals surface area contributed by atoms with Crippen LogP contribution in [0.1, 0.15) is 23.6 Å². The standard InChI is InChI=1S/C17H26N2O5/c1-4-24-17(21)19-7-5-13-14(11-19)15(22-2)9-12(16(13)23-3)10-18-6-8-20/h9,18,20H,4-8,10-11H2,1-3H3. The van der Waals surface area contributed by atoms with Gasteiger partial charge in [0, 0.05) is 36.3 Å². The Morgan fingerprint density at radius 1 is 1.33 bits per heavy atom. The van der Waals surface area contributed by atoms with Crippen molar-refractivity contribution in [1.29, 1.82) is 0 Å². The van der Waals surface area contributed by atoms with Gasteiger partial charge in [0.05, 0.1) is 34.0 Å². The van der Waals surface area contributed by atoms with Crippen molar-refractivity contribution >= 4 is 6.09 Å². The van der Waals surface area contributed by atoms with Crippen LogP contribution in [0.3, 0.4) is 0 Å². The SMILES string of the molecule is CCOC(=O)N1CCc2c(c(OC)cc(CNCCO)c2OC)C1. The van der Waals surface area contributed by atoms with Crippen molar-refractivity contribution in [3.63, 3.8) is 0 Å². The molecule has 2 rings (SSSR count). The topological polar surface area (TPSA) is 80.3 Å². The second-order valence-electron chi connectivity index (χ2n) is 5.50. The van der Waals surface area contributed by atoms with Crippen molar-refractivity contribution in [2.75, 3.05) is 40.5 Å². The number of hydrogen-bond donors (Lipinski definition) is 2. The summed E-state index contributed by atoms with van der Waals surface area (Å²) in [6.45, 7) is 4.35. The molecule has 2 N–H and O–H groups in total. The number of amides is 1. The third-order valence-corrected chi connectivity index (χ3v) is 4.07. The summed E-state index contributed by atoms with van der Waals surface area (Å²) in [5, 5.41) is 12.1. The van der Waals surface area contributed by atoms with Gasteiger partial charge in [-0.15, -0.1) is 0 Å². The first-order valence-corrected chi connectivity index (χ1v) is 8.15. The number of rotatable bonds is 7. The van der Waals surface area contributed by atoms with E-state index in [1.807, 2.05) is 6.07 Å². The molecule has 7 nitrogen and oxygen atoms in total. The Bertz CT molecular complexity index is 577. The molecule has 1 aliphatic rings. The van der Waals surface area contributed by atoms with Crippen LogP contribution < -0.4 is 14.8 Å². The van der Waals surface area contributed by atoms with Gasteiger partial charge in [0.25, 0.3) is 0 Å². The molecule has 1 heterocycles. The molecule has 1 aromatic carbocycles. The molecule has 0 unspecified atom stereocenters. The molecule has 0 bridgehead atoms. The van der Waals surface area contributed by atoms with Crippen LogP contribution in [-0.4, -0.2) is 56.6 Å². The first-order valence-electron chi connectivity index (χ1n) is 8.15. The Morgan fingerprint density at radius 2 is 2.12 bits per heavy atom. The van der Waals surface area contributed by atoms with Gasteiger partial charge in [-0.2, -0.15) is 0 Å². The maximum atomic E-state index is 12.0. The molecule has 1 aromatic rings. The lowest BCUT2D eigenvalue weighted by molar-refractivity contribution is 0.102. The Labute approximate surface area is 142 Å². The molecule has 1 aliphatic heterocycles. The zero-order valence-corrected chi connectivity index (χ0v) is 14.6. The quantitative estimate of drug-likeness (QED) is 0.730. The first kappa shape index (κ1) is 18.4. The summed E-state index contributed by atoms with van der Waals surface area (Å²) in [5.41, 5.74) is 3.00. The van der Waals surface area contributed by atoms with Gasteiger partial charge in [-0.3, -0.25) is 0 Å². The van der Waals surface area contributed by atoms with Crippen LogP contribution in [0.5, 0.6) is 11.5 Å². The fourth-order valence-electron chi connectivity index (χ4n) is 2.99. The van der Waals surface area contributed by atoms with Gasteiger partial charge in [-0.25, -0.2) is 4.79 Å². The number of carbonyl (C=O) groups is 1. The maximum absolute atomic E-state index is 12.0. The summed E-state index contributed by atoms with van der Waals surface area (Å²) in [4.78, 5) is 13.7. The Morgan fingerprint density at radius 3 is 2.75 bits per heavy atom. The van der Waals surface area contributed by atoms with Crippen LogP contribution in [0.4, 0.5) is 4.79 Å². The molecule has 1 amide bonds. The fraction of sp³-hybridized carbons (Fsp3) is 0.588. The largest absolute Gasteiger partial charge is 0.496 e. The predicted molar refractivity (Wildman–Crippen MR) is 89.5 cm³/mol. The minimum atomic E-state index is -0.308. The number of nitrogens with zero attached hydrogens (tertiary/aromatic N) is 1. The Kier molecular flexibility index (Phi) is 6.69. The van der Waals surface area contributed by atoms with Crippen molar-refractivity contribution in [2.45, 2.75) is 26.4 Å². The molecule has 0 saturated heterocycles. The van der Waals surface area contributed by atoms with Gasteiger partial charge < -0.3 is 29.5 Å². The van der Waals surface area contributed by atoms with Gasteiger partial charge in [0.15, 0.2) is 0 Å². The lowest BCUT2D eigenvalue weighted by atomic mass is 9.94. The van der Waals surface area contributed by atoms with Crippen LogP contribution in [0.2, 0.25) is 0 Å². The number of aliphatic hydroxyl groups excluding tert-OH is 1. The van der Waals surface area contributed by atoms with Gasteiger partial charge >= 0.3 is 6.09 Å². The molecule has 0 spiro atoms. The molecule has 0 radical (unpaired) electrons. The van der Waals surface area contributed by atoms with Crippen LogP contribution in [0.15, 0.2) is 6.07 Å². The molecular weight excluding hydrogens is 312 g/mol. The van der Waals surface area contributed by atoms with E-state index in [1.165, 1.54) is 0 Å². The predicted octanol–water partition coefficient (Wildman–Crippen LogP) is 1.30. The minimum absolute atomic E-state index is 0.0822. The number of benzene rings is 1. The van der Waals surface area contributed by atoms with Crippen LogP contribution in [0, 0.1) is 0 Å². The molecule has 0 fully saturated rings. The number of hydrogen-bond acceptors (Lipinski definition) is 6. The molecule has 0 atom stereocenters. The van der Waals surface area contributed by atoms with E-state index in [0.717, 1.165) is 28.2 Å². The van der Waals surface area contributed by atoms with E-state index in [9.17, 15) is 4.79 Å². The lowest BCUT2D eigenvalue weighted by Gasteiger charge is -2.31. The van der Waals surface area contributed by atoms with E-state index in [2.05, 4.69) is 5.32 Å². The van der Waals surface area contributed by atoms with E-state index in [0.29, 0.717) is 39.2 Å². The fourth-order valence-corrected chi connectivity index (χ4v) is 2.99. The average Bonchev–Trinajstić information content (AvgIpc) is 2.60. The normalized spacial score (nSPS) is 13.4. The van der Waals surface area contributed by atoms with E-state index >= 15 is 0 Å². The Hall–Kier alpha value is -1.99. The highest BCUT2D eigenvalue weighted by atomic mass is 16.6. The molecular formula is C17H26N2O5. The zero-order chi connectivity index (χ0) is 17.5. The van der Waals surface area contributed by atoms with Crippen molar-refractivity contribution < 1.29 is 24.1 Å². The summed E-state index contributed by atoms with van der Waals surface area (Å²) >= 11 is 0. The van der Waals surface area contributed by atoms with E-state index in [1.54, 1.807) is 26.0 Å². The number of fused-ring (bicyclic) bond motifs is 1. The van der Waals surface area contributed by atoms with Crippen molar-refractivity contribution in [1.82, 2.24) is 10.2 Å². The van der Waals surface area contributed by atoms with Gasteiger partial charge in [0.2, 0.25) is 0 Å². The van der Waals surface area contributed by atoms with Crippen LogP contribution in [-0.2, 0) is 24.2 Å². The Balaban J connectivity index is 2.32. The number of nitrogens with one attached hydrogen (secondary N) is 1. The second kappa shape index (κ2) is 8.75. The van der Waals surface area contributed by atoms with Crippen LogP contribution in [0.25, 0.3) is 0 Å². The summed E-state index contributed by atoms with van der Waals surface area (Å²) in [6, 6.07) is 1.93. The summed E-state index contributed by atoms with van der Waals surface area (Å²) in [5.74, 6) is 1.56. The number of ether oxygens (including phenoxy) is 3. The number of methoxy groups -OCH3 is 2. The van der Waals surface area contributed by atoms with E-state index in [4.69, 9.17) is 19.3 Å². The third-order valence-electron chi connectivity index (χ3n) is 4.07. The summed E-state index contributed by atoms with van der Waals surface area (Å²) in [6.07, 6.45) is 0.375. The minimum Gasteiger partial charge on any atom is -0.496 e. The molecule has 0 saturated carbocycles. The molecule has 0 aliphatic carbocycles. The number of carbonyl (C=O) groups excluding carboxylic acids is 1. The highest BCUT2D eigenvalue weighted by Gasteiger charge is 2.28. The zero-order valence-electron chi connectivity index (χ0n) is 14.6. The maximum Gasteiger partial charge on any atom is 0.410 e. The third kappa shape index (κ3) is 3.91. The average molecular weight is 338 g/mol. The number of aliphatic hydroxyl groups is 1. The second-order valence-corrected chi connectivity index (χ2v) is 5.50. The van der Waals surface area contributed by atoms with Crippen molar-refractivity contribution in [3.05, 3.63) is 22.8 Å². The van der Waals surface area contributed by atoms with Gasteiger partial charge in [-0.1, -0.05) is 0 Å². The first-order chi connectivity index (χ1) is 11.7. The molecule has 134 valence electrons. The summed E-state index contributed by atoms with van der Waals surface area (Å²) < 4.78 is 16.3. The van der Waals surface area contributed by atoms with Gasteiger partial charge in [-0.05, 0) is 19.4 Å². The van der Waals surface area contributed by atoms with Crippen molar-refractivity contribution in [3.8, 4) is 11.5 Å². The van der Waals surface area contributed by atoms with Crippen LogP contribution >= 0.6 is 0 Å². The molecule has 0 aromatic heterocycles. The van der Waals surface area contributed by atoms with E-state index < -0.39 is 0 Å². The highest BCUT2D eigenvalue weighted by molar-refractivity contribution is 5.69. The smallest absolute Gasteiger partial charge is 0.410 e. The van der Waals surface area contributed by atoms with Crippen molar-refractivity contribution in [2.24, 2.45) is 0 Å². The lowest BCUT2D eigenvalue weighted by Crippen LogP contribution is -2.37. The monoisotopic (exact) mass is 338 g/mol. The van der Waals surface area contributed by atoms with E-state index in [-0.39, 0.29) is 12.7 Å². The highest BCUT2D eigenvalue weighted by Crippen LogP contribution is 2.38. The molecule has 24 heavy (non-hydrogen) atoms. The van der Waals surface area contributed by atoms with Gasteiger partial charge in [0.1, 0.15) is 11.5 Å².